The van der Waals surface area contributed by atoms with Crippen molar-refractivity contribution in [1.82, 2.24) is 4.98 Å². The number of aromatic nitrogens is 1. The van der Waals surface area contributed by atoms with Crippen LogP contribution in [0.3, 0.4) is 0 Å². The van der Waals surface area contributed by atoms with Gasteiger partial charge in [0, 0.05) is 23.3 Å². The molecule has 1 aromatic heterocycles. The molecular weight excluding hydrogens is 298 g/mol. The lowest BCUT2D eigenvalue weighted by atomic mass is 9.86. The first kappa shape index (κ1) is 16.2. The van der Waals surface area contributed by atoms with Crippen molar-refractivity contribution in [1.29, 1.82) is 0 Å². The second-order valence-electron chi connectivity index (χ2n) is 6.94. The summed E-state index contributed by atoms with van der Waals surface area (Å²) in [4.78, 5) is 16.0. The van der Waals surface area contributed by atoms with Crippen molar-refractivity contribution in [3.05, 3.63) is 66.0 Å². The zero-order valence-corrected chi connectivity index (χ0v) is 14.5. The van der Waals surface area contributed by atoms with Crippen molar-refractivity contribution >= 4 is 16.7 Å². The fourth-order valence-corrected chi connectivity index (χ4v) is 2.80. The van der Waals surface area contributed by atoms with Crippen molar-refractivity contribution < 1.29 is 9.53 Å². The van der Waals surface area contributed by atoms with Crippen LogP contribution in [0.4, 0.5) is 0 Å². The van der Waals surface area contributed by atoms with E-state index in [1.54, 1.807) is 12.3 Å². The van der Waals surface area contributed by atoms with Crippen LogP contribution in [0.15, 0.2) is 54.9 Å². The Morgan fingerprint density at radius 3 is 2.33 bits per heavy atom. The number of ether oxygens (including phenoxy) is 1. The minimum Gasteiger partial charge on any atom is -0.465 e. The lowest BCUT2D eigenvalue weighted by molar-refractivity contribution is 0.0601. The number of esters is 1. The van der Waals surface area contributed by atoms with E-state index in [9.17, 15) is 4.79 Å². The number of methoxy groups -OCH3 is 1. The molecule has 122 valence electrons. The SMILES string of the molecule is COC(=O)c1ccc2c(-c3ccc(C(C)(C)C)cc3)cncc2c1. The third-order valence-electron chi connectivity index (χ3n) is 4.24. The molecule has 0 spiro atoms. The summed E-state index contributed by atoms with van der Waals surface area (Å²) in [5.74, 6) is -0.336. The number of benzene rings is 2. The quantitative estimate of drug-likeness (QED) is 0.625. The third kappa shape index (κ3) is 3.02. The van der Waals surface area contributed by atoms with Crippen LogP contribution >= 0.6 is 0 Å². The maximum atomic E-state index is 11.7. The molecule has 0 bridgehead atoms. The minimum absolute atomic E-state index is 0.130. The van der Waals surface area contributed by atoms with Gasteiger partial charge in [-0.15, -0.1) is 0 Å². The standard InChI is InChI=1S/C21H21NO2/c1-21(2,3)17-8-5-14(6-9-17)19-13-22-12-16-11-15(20(23)24-4)7-10-18(16)19/h5-13H,1-4H3. The molecule has 0 aliphatic rings. The van der Waals surface area contributed by atoms with Crippen LogP contribution in [-0.4, -0.2) is 18.1 Å². The summed E-state index contributed by atoms with van der Waals surface area (Å²) in [6.07, 6.45) is 3.64. The molecule has 0 saturated carbocycles. The van der Waals surface area contributed by atoms with E-state index in [4.69, 9.17) is 4.74 Å². The van der Waals surface area contributed by atoms with E-state index >= 15 is 0 Å². The minimum atomic E-state index is -0.336. The molecule has 3 nitrogen and oxygen atoms in total. The molecule has 3 heteroatoms. The monoisotopic (exact) mass is 319 g/mol. The van der Waals surface area contributed by atoms with Gasteiger partial charge in [-0.2, -0.15) is 0 Å². The number of hydrogen-bond acceptors (Lipinski definition) is 3. The molecule has 24 heavy (non-hydrogen) atoms. The van der Waals surface area contributed by atoms with Gasteiger partial charge in [0.1, 0.15) is 0 Å². The van der Waals surface area contributed by atoms with Crippen molar-refractivity contribution in [2.75, 3.05) is 7.11 Å². The van der Waals surface area contributed by atoms with Gasteiger partial charge in [0.2, 0.25) is 0 Å². The molecule has 1 heterocycles. The highest BCUT2D eigenvalue weighted by molar-refractivity contribution is 6.00. The average Bonchev–Trinajstić information content (AvgIpc) is 2.59. The van der Waals surface area contributed by atoms with Gasteiger partial charge in [0.05, 0.1) is 12.7 Å². The van der Waals surface area contributed by atoms with Gasteiger partial charge in [-0.3, -0.25) is 4.98 Å². The first-order chi connectivity index (χ1) is 11.4. The Kier molecular flexibility index (Phi) is 4.10. The van der Waals surface area contributed by atoms with Crippen LogP contribution in [0.5, 0.6) is 0 Å². The van der Waals surface area contributed by atoms with E-state index in [2.05, 4.69) is 50.0 Å². The van der Waals surface area contributed by atoms with Crippen LogP contribution < -0.4 is 0 Å². The number of carbonyl (C=O) groups excluding carboxylic acids is 1. The molecule has 0 atom stereocenters. The van der Waals surface area contributed by atoms with Gasteiger partial charge >= 0.3 is 5.97 Å². The second-order valence-corrected chi connectivity index (χ2v) is 6.94. The van der Waals surface area contributed by atoms with Gasteiger partial charge < -0.3 is 4.74 Å². The molecule has 0 amide bonds. The van der Waals surface area contributed by atoms with Crippen molar-refractivity contribution in [2.24, 2.45) is 0 Å². The maximum Gasteiger partial charge on any atom is 0.337 e. The molecule has 0 N–H and O–H groups in total. The van der Waals surface area contributed by atoms with E-state index in [-0.39, 0.29) is 11.4 Å². The molecule has 0 radical (unpaired) electrons. The summed E-state index contributed by atoms with van der Waals surface area (Å²) in [6, 6.07) is 14.2. The Morgan fingerprint density at radius 2 is 1.71 bits per heavy atom. The molecule has 0 fully saturated rings. The largest absolute Gasteiger partial charge is 0.465 e. The normalized spacial score (nSPS) is 11.5. The lowest BCUT2D eigenvalue weighted by Crippen LogP contribution is -2.10. The summed E-state index contributed by atoms with van der Waals surface area (Å²) < 4.78 is 4.79. The molecule has 3 aromatic rings. The summed E-state index contributed by atoms with van der Waals surface area (Å²) in [7, 11) is 1.39. The van der Waals surface area contributed by atoms with Gasteiger partial charge in [-0.05, 0) is 34.1 Å². The number of carbonyl (C=O) groups is 1. The Balaban J connectivity index is 2.08. The van der Waals surface area contributed by atoms with Crippen molar-refractivity contribution in [3.63, 3.8) is 0 Å². The van der Waals surface area contributed by atoms with E-state index in [0.717, 1.165) is 21.9 Å². The predicted molar refractivity (Wildman–Crippen MR) is 97.2 cm³/mol. The van der Waals surface area contributed by atoms with Crippen LogP contribution in [0, 0.1) is 0 Å². The molecule has 0 unspecified atom stereocenters. The molecular formula is C21H21NO2. The highest BCUT2D eigenvalue weighted by Gasteiger charge is 2.14. The predicted octanol–water partition coefficient (Wildman–Crippen LogP) is 4.99. The summed E-state index contributed by atoms with van der Waals surface area (Å²) in [5, 5.41) is 2.00. The number of pyridine rings is 1. The maximum absolute atomic E-state index is 11.7. The van der Waals surface area contributed by atoms with Crippen LogP contribution in [-0.2, 0) is 10.2 Å². The Bertz CT molecular complexity index is 890. The van der Waals surface area contributed by atoms with Crippen LogP contribution in [0.2, 0.25) is 0 Å². The average molecular weight is 319 g/mol. The van der Waals surface area contributed by atoms with Gasteiger partial charge in [0.15, 0.2) is 0 Å². The summed E-state index contributed by atoms with van der Waals surface area (Å²) in [5.41, 5.74) is 4.14. The fraction of sp³-hybridized carbons (Fsp3) is 0.238. The zero-order valence-electron chi connectivity index (χ0n) is 14.5. The lowest BCUT2D eigenvalue weighted by Gasteiger charge is -2.19. The van der Waals surface area contributed by atoms with Crippen LogP contribution in [0.1, 0.15) is 36.7 Å². The van der Waals surface area contributed by atoms with Crippen molar-refractivity contribution in [3.8, 4) is 11.1 Å². The molecule has 2 aromatic carbocycles. The fourth-order valence-electron chi connectivity index (χ4n) is 2.80. The number of hydrogen-bond donors (Lipinski definition) is 0. The third-order valence-corrected chi connectivity index (χ3v) is 4.24. The molecule has 0 aliphatic heterocycles. The van der Waals surface area contributed by atoms with Gasteiger partial charge in [-0.1, -0.05) is 51.1 Å². The van der Waals surface area contributed by atoms with Gasteiger partial charge in [0.25, 0.3) is 0 Å². The smallest absolute Gasteiger partial charge is 0.337 e. The topological polar surface area (TPSA) is 39.2 Å². The molecule has 0 aliphatic carbocycles. The molecule has 3 rings (SSSR count). The summed E-state index contributed by atoms with van der Waals surface area (Å²) in [6.45, 7) is 6.61. The Hall–Kier alpha value is -2.68. The highest BCUT2D eigenvalue weighted by atomic mass is 16.5. The number of fused-ring (bicyclic) bond motifs is 1. The van der Waals surface area contributed by atoms with E-state index in [1.165, 1.54) is 12.7 Å². The Labute approximate surface area is 142 Å². The second kappa shape index (κ2) is 6.08. The first-order valence-corrected chi connectivity index (χ1v) is 7.97. The highest BCUT2D eigenvalue weighted by Crippen LogP contribution is 2.30. The number of nitrogens with zero attached hydrogens (tertiary/aromatic N) is 1. The first-order valence-electron chi connectivity index (χ1n) is 7.97. The van der Waals surface area contributed by atoms with E-state index in [1.807, 2.05) is 18.3 Å². The van der Waals surface area contributed by atoms with E-state index < -0.39 is 0 Å². The summed E-state index contributed by atoms with van der Waals surface area (Å²) >= 11 is 0. The Morgan fingerprint density at radius 1 is 1.00 bits per heavy atom. The zero-order chi connectivity index (χ0) is 17.3. The van der Waals surface area contributed by atoms with Crippen LogP contribution in [0.25, 0.3) is 21.9 Å². The number of rotatable bonds is 2. The van der Waals surface area contributed by atoms with Crippen molar-refractivity contribution in [2.45, 2.75) is 26.2 Å². The molecule has 0 saturated heterocycles. The van der Waals surface area contributed by atoms with E-state index in [0.29, 0.717) is 5.56 Å². The van der Waals surface area contributed by atoms with Gasteiger partial charge in [-0.25, -0.2) is 4.79 Å².